The summed E-state index contributed by atoms with van der Waals surface area (Å²) in [6.45, 7) is 6.27. The number of hydrogen-bond acceptors (Lipinski definition) is 7. The summed E-state index contributed by atoms with van der Waals surface area (Å²) < 4.78 is 12.4. The Morgan fingerprint density at radius 1 is 1.38 bits per heavy atom. The van der Waals surface area contributed by atoms with Gasteiger partial charge < -0.3 is 19.8 Å². The van der Waals surface area contributed by atoms with Gasteiger partial charge in [0.05, 0.1) is 24.2 Å². The highest BCUT2D eigenvalue weighted by molar-refractivity contribution is 5.70. The number of hydrogen-bond donors (Lipinski definition) is 1. The van der Waals surface area contributed by atoms with E-state index in [1.54, 1.807) is 34.0 Å². The first-order chi connectivity index (χ1) is 13.8. The van der Waals surface area contributed by atoms with Crippen molar-refractivity contribution in [3.8, 4) is 11.6 Å². The molecule has 1 fully saturated rings. The minimum atomic E-state index is -0.520. The van der Waals surface area contributed by atoms with Crippen LogP contribution in [0.25, 0.3) is 23.3 Å². The molecule has 1 saturated heterocycles. The van der Waals surface area contributed by atoms with Crippen LogP contribution in [0.5, 0.6) is 0 Å². The predicted octanol–water partition coefficient (Wildman–Crippen LogP) is 3.38. The topological polar surface area (TPSA) is 112 Å². The van der Waals surface area contributed by atoms with E-state index in [4.69, 9.17) is 14.9 Å². The average Bonchev–Trinajstić information content (AvgIpc) is 3.37. The Labute approximate surface area is 168 Å². The van der Waals surface area contributed by atoms with E-state index in [2.05, 4.69) is 15.1 Å². The van der Waals surface area contributed by atoms with Crippen molar-refractivity contribution in [3.63, 3.8) is 0 Å². The van der Waals surface area contributed by atoms with E-state index >= 15 is 0 Å². The fourth-order valence-corrected chi connectivity index (χ4v) is 3.27. The van der Waals surface area contributed by atoms with Gasteiger partial charge in [-0.3, -0.25) is 0 Å². The largest absolute Gasteiger partial charge is 0.461 e. The van der Waals surface area contributed by atoms with E-state index in [9.17, 15) is 4.79 Å². The van der Waals surface area contributed by atoms with E-state index in [0.717, 1.165) is 12.8 Å². The van der Waals surface area contributed by atoms with Gasteiger partial charge in [0.25, 0.3) is 0 Å². The second kappa shape index (κ2) is 7.23. The molecule has 29 heavy (non-hydrogen) atoms. The van der Waals surface area contributed by atoms with Crippen LogP contribution in [0.15, 0.2) is 35.1 Å². The van der Waals surface area contributed by atoms with E-state index in [1.807, 2.05) is 32.9 Å². The van der Waals surface area contributed by atoms with Crippen LogP contribution in [0.2, 0.25) is 0 Å². The lowest BCUT2D eigenvalue weighted by Crippen LogP contribution is -2.39. The normalized spacial score (nSPS) is 17.5. The number of rotatable bonds is 3. The number of nitrogens with two attached hydrogens (primary N) is 1. The zero-order valence-electron chi connectivity index (χ0n) is 16.7. The molecule has 4 heterocycles. The minimum Gasteiger partial charge on any atom is -0.461 e. The maximum absolute atomic E-state index is 12.4. The number of ether oxygens (including phenoxy) is 1. The molecule has 0 unspecified atom stereocenters. The van der Waals surface area contributed by atoms with Crippen LogP contribution in [0, 0.1) is 0 Å². The molecule has 0 radical (unpaired) electrons. The highest BCUT2D eigenvalue weighted by Gasteiger charge is 2.30. The highest BCUT2D eigenvalue weighted by Crippen LogP contribution is 2.23. The number of carbonyl (C=O) groups excluding carboxylic acids is 1. The van der Waals surface area contributed by atoms with Crippen LogP contribution < -0.4 is 5.73 Å². The number of carbonyl (C=O) groups is 1. The molecule has 0 aromatic carbocycles. The highest BCUT2D eigenvalue weighted by atomic mass is 16.6. The van der Waals surface area contributed by atoms with Gasteiger partial charge in [-0.05, 0) is 51.8 Å². The summed E-state index contributed by atoms with van der Waals surface area (Å²) >= 11 is 0. The molecular formula is C20H24N6O3. The maximum atomic E-state index is 12.4. The second-order valence-corrected chi connectivity index (χ2v) is 7.97. The lowest BCUT2D eigenvalue weighted by atomic mass is 10.2. The van der Waals surface area contributed by atoms with E-state index in [1.165, 1.54) is 0 Å². The van der Waals surface area contributed by atoms with Crippen molar-refractivity contribution in [2.45, 2.75) is 45.3 Å². The molecule has 3 aromatic heterocycles. The van der Waals surface area contributed by atoms with Gasteiger partial charge in [0, 0.05) is 6.54 Å². The number of anilines is 1. The molecule has 2 N–H and O–H groups in total. The Morgan fingerprint density at radius 3 is 2.93 bits per heavy atom. The number of fused-ring (bicyclic) bond motifs is 1. The van der Waals surface area contributed by atoms with Gasteiger partial charge >= 0.3 is 6.09 Å². The fourth-order valence-electron chi connectivity index (χ4n) is 3.27. The Kier molecular flexibility index (Phi) is 4.73. The third-order valence-corrected chi connectivity index (χ3v) is 4.52. The van der Waals surface area contributed by atoms with Gasteiger partial charge in [-0.25, -0.2) is 19.3 Å². The van der Waals surface area contributed by atoms with Crippen LogP contribution in [0.3, 0.4) is 0 Å². The van der Waals surface area contributed by atoms with Crippen molar-refractivity contribution in [3.05, 3.63) is 36.4 Å². The quantitative estimate of drug-likeness (QED) is 0.722. The Balaban J connectivity index is 1.55. The molecule has 0 spiro atoms. The number of nitrogen functional groups attached to an aromatic ring is 1. The molecule has 0 saturated carbocycles. The summed E-state index contributed by atoms with van der Waals surface area (Å²) in [6.07, 6.45) is 8.61. The SMILES string of the molecule is CC(C)(C)OC(=O)N1CCC[C@H]1C=Cc1cn2nc(-c3ccco3)nc2c(N)n1. The first kappa shape index (κ1) is 19.0. The van der Waals surface area contributed by atoms with E-state index in [0.29, 0.717) is 29.5 Å². The zero-order valence-corrected chi connectivity index (χ0v) is 16.7. The molecule has 3 aromatic rings. The third kappa shape index (κ3) is 4.08. The zero-order chi connectivity index (χ0) is 20.6. The lowest BCUT2D eigenvalue weighted by molar-refractivity contribution is 0.0256. The first-order valence-corrected chi connectivity index (χ1v) is 9.55. The Bertz CT molecular complexity index is 1050. The lowest BCUT2D eigenvalue weighted by Gasteiger charge is -2.27. The van der Waals surface area contributed by atoms with Crippen LogP contribution in [0.1, 0.15) is 39.3 Å². The molecule has 9 nitrogen and oxygen atoms in total. The summed E-state index contributed by atoms with van der Waals surface area (Å²) in [6, 6.07) is 3.51. The molecule has 1 atom stereocenters. The maximum Gasteiger partial charge on any atom is 0.410 e. The van der Waals surface area contributed by atoms with Crippen molar-refractivity contribution < 1.29 is 13.9 Å². The van der Waals surface area contributed by atoms with Crippen molar-refractivity contribution in [1.82, 2.24) is 24.5 Å². The van der Waals surface area contributed by atoms with Gasteiger partial charge in [-0.2, -0.15) is 0 Å². The van der Waals surface area contributed by atoms with E-state index in [-0.39, 0.29) is 18.0 Å². The van der Waals surface area contributed by atoms with E-state index < -0.39 is 5.60 Å². The molecule has 1 aliphatic rings. The van der Waals surface area contributed by atoms with Crippen LogP contribution >= 0.6 is 0 Å². The first-order valence-electron chi connectivity index (χ1n) is 9.55. The van der Waals surface area contributed by atoms with Crippen LogP contribution in [0.4, 0.5) is 10.6 Å². The molecule has 0 bridgehead atoms. The van der Waals surface area contributed by atoms with Gasteiger partial charge in [-0.1, -0.05) is 6.08 Å². The molecule has 1 aliphatic heterocycles. The Morgan fingerprint density at radius 2 is 2.21 bits per heavy atom. The summed E-state index contributed by atoms with van der Waals surface area (Å²) in [5.74, 6) is 1.27. The second-order valence-electron chi connectivity index (χ2n) is 7.97. The van der Waals surface area contributed by atoms with Crippen LogP contribution in [-0.2, 0) is 4.74 Å². The van der Waals surface area contributed by atoms with Crippen molar-refractivity contribution in [1.29, 1.82) is 0 Å². The molecule has 9 heteroatoms. The molecular weight excluding hydrogens is 372 g/mol. The fraction of sp³-hybridized carbons (Fsp3) is 0.400. The van der Waals surface area contributed by atoms with Gasteiger partial charge in [-0.15, -0.1) is 5.10 Å². The number of nitrogens with zero attached hydrogens (tertiary/aromatic N) is 5. The smallest absolute Gasteiger partial charge is 0.410 e. The summed E-state index contributed by atoms with van der Waals surface area (Å²) in [5.41, 5.74) is 6.64. The van der Waals surface area contributed by atoms with Crippen molar-refractivity contribution >= 4 is 23.6 Å². The van der Waals surface area contributed by atoms with Crippen molar-refractivity contribution in [2.24, 2.45) is 0 Å². The van der Waals surface area contributed by atoms with Gasteiger partial charge in [0.15, 0.2) is 17.2 Å². The summed E-state index contributed by atoms with van der Waals surface area (Å²) in [7, 11) is 0. The van der Waals surface area contributed by atoms with Crippen LogP contribution in [-0.4, -0.2) is 48.8 Å². The number of amides is 1. The molecule has 152 valence electrons. The van der Waals surface area contributed by atoms with Crippen molar-refractivity contribution in [2.75, 3.05) is 12.3 Å². The molecule has 0 aliphatic carbocycles. The summed E-state index contributed by atoms with van der Waals surface area (Å²) in [4.78, 5) is 22.9. The minimum absolute atomic E-state index is 0.0435. The Hall–Kier alpha value is -3.36. The number of likely N-dealkylation sites (tertiary alicyclic amines) is 1. The average molecular weight is 396 g/mol. The molecule has 1 amide bonds. The standard InChI is InChI=1S/C20H24N6O3/c1-20(2,3)29-19(27)25-10-4-6-14(25)9-8-13-12-26-18(16(21)22-13)23-17(24-26)15-7-5-11-28-15/h5,7-9,11-12,14H,4,6,10H2,1-3H3,(H2,21,22)/t14-/m0/s1. The third-order valence-electron chi connectivity index (χ3n) is 4.52. The monoisotopic (exact) mass is 396 g/mol. The van der Waals surface area contributed by atoms with Gasteiger partial charge in [0.2, 0.25) is 5.82 Å². The summed E-state index contributed by atoms with van der Waals surface area (Å²) in [5, 5.41) is 4.41. The number of aromatic nitrogens is 4. The predicted molar refractivity (Wildman–Crippen MR) is 108 cm³/mol. The molecule has 4 rings (SSSR count). The number of furan rings is 1. The van der Waals surface area contributed by atoms with Gasteiger partial charge in [0.1, 0.15) is 5.60 Å².